The minimum Gasteiger partial charge on any atom is -0.493 e. The fraction of sp³-hybridized carbons (Fsp3) is 0.200. The molecule has 0 saturated carbocycles. The Hall–Kier alpha value is -2.51. The highest BCUT2D eigenvalue weighted by atomic mass is 32.2. The molecular weight excluding hydrogens is 380 g/mol. The van der Waals surface area contributed by atoms with Crippen molar-refractivity contribution in [2.75, 3.05) is 25.3 Å². The Kier molecular flexibility index (Phi) is 6.36. The number of methoxy groups -OCH3 is 2. The second-order valence-corrected chi connectivity index (χ2v) is 7.99. The standard InChI is InChI=1S/C20H20N2O3S2/c1-4-26-20-21-17(13-8-6-5-7-9-13)19(27-20)22-18(23)14-10-11-15(24-2)16(12-14)25-3/h5-12H,4H2,1-3H3,(H,22,23). The van der Waals surface area contributed by atoms with Crippen LogP contribution in [0.5, 0.6) is 11.5 Å². The number of hydrogen-bond acceptors (Lipinski definition) is 6. The predicted molar refractivity (Wildman–Crippen MR) is 111 cm³/mol. The van der Waals surface area contributed by atoms with Crippen molar-refractivity contribution in [3.05, 3.63) is 54.1 Å². The largest absolute Gasteiger partial charge is 0.493 e. The van der Waals surface area contributed by atoms with Gasteiger partial charge in [0.25, 0.3) is 5.91 Å². The number of hydrogen-bond donors (Lipinski definition) is 1. The Morgan fingerprint density at radius 1 is 1.11 bits per heavy atom. The first kappa shape index (κ1) is 19.3. The molecule has 0 radical (unpaired) electrons. The topological polar surface area (TPSA) is 60.5 Å². The SMILES string of the molecule is CCSc1nc(-c2ccccc2)c(NC(=O)c2ccc(OC)c(OC)c2)s1. The number of thioether (sulfide) groups is 1. The highest BCUT2D eigenvalue weighted by Crippen LogP contribution is 2.38. The van der Waals surface area contributed by atoms with Crippen LogP contribution in [0.4, 0.5) is 5.00 Å². The number of benzene rings is 2. The van der Waals surface area contributed by atoms with Gasteiger partial charge in [0.1, 0.15) is 10.7 Å². The van der Waals surface area contributed by atoms with E-state index in [1.54, 1.807) is 44.2 Å². The van der Waals surface area contributed by atoms with Crippen LogP contribution in [0.1, 0.15) is 17.3 Å². The van der Waals surface area contributed by atoms with Gasteiger partial charge >= 0.3 is 0 Å². The van der Waals surface area contributed by atoms with E-state index in [4.69, 9.17) is 14.5 Å². The summed E-state index contributed by atoms with van der Waals surface area (Å²) in [4.78, 5) is 17.5. The zero-order valence-corrected chi connectivity index (χ0v) is 16.9. The van der Waals surface area contributed by atoms with Crippen molar-refractivity contribution in [3.8, 4) is 22.8 Å². The van der Waals surface area contributed by atoms with Crippen molar-refractivity contribution in [1.29, 1.82) is 0 Å². The second-order valence-electron chi connectivity index (χ2n) is 5.48. The van der Waals surface area contributed by atoms with Gasteiger partial charge in [-0.2, -0.15) is 0 Å². The fourth-order valence-electron chi connectivity index (χ4n) is 2.51. The summed E-state index contributed by atoms with van der Waals surface area (Å²) in [5, 5.41) is 3.73. The molecule has 3 aromatic rings. The van der Waals surface area contributed by atoms with Crippen LogP contribution in [-0.2, 0) is 0 Å². The molecule has 140 valence electrons. The number of nitrogens with zero attached hydrogens (tertiary/aromatic N) is 1. The molecule has 0 bridgehead atoms. The van der Waals surface area contributed by atoms with E-state index in [1.807, 2.05) is 30.3 Å². The Labute approximate surface area is 166 Å². The van der Waals surface area contributed by atoms with Crippen LogP contribution < -0.4 is 14.8 Å². The van der Waals surface area contributed by atoms with E-state index in [0.29, 0.717) is 17.1 Å². The molecule has 1 amide bonds. The van der Waals surface area contributed by atoms with Crippen molar-refractivity contribution >= 4 is 34.0 Å². The van der Waals surface area contributed by atoms with Crippen LogP contribution in [0.3, 0.4) is 0 Å². The molecule has 7 heteroatoms. The molecule has 0 aliphatic heterocycles. The molecule has 3 rings (SSSR count). The number of amides is 1. The summed E-state index contributed by atoms with van der Waals surface area (Å²) in [6, 6.07) is 14.9. The molecular formula is C20H20N2O3S2. The summed E-state index contributed by atoms with van der Waals surface area (Å²) in [5.74, 6) is 1.80. The number of carbonyl (C=O) groups excluding carboxylic acids is 1. The summed E-state index contributed by atoms with van der Waals surface area (Å²) in [6.45, 7) is 2.08. The molecule has 1 aromatic heterocycles. The van der Waals surface area contributed by atoms with E-state index in [2.05, 4.69) is 12.2 Å². The van der Waals surface area contributed by atoms with Crippen LogP contribution in [0.25, 0.3) is 11.3 Å². The maximum absolute atomic E-state index is 12.8. The number of nitrogens with one attached hydrogen (secondary N) is 1. The zero-order chi connectivity index (χ0) is 19.2. The molecule has 0 saturated heterocycles. The van der Waals surface area contributed by atoms with Gasteiger partial charge in [0.15, 0.2) is 15.8 Å². The first-order valence-corrected chi connectivity index (χ1v) is 10.2. The van der Waals surface area contributed by atoms with Crippen molar-refractivity contribution < 1.29 is 14.3 Å². The number of anilines is 1. The van der Waals surface area contributed by atoms with Gasteiger partial charge in [-0.3, -0.25) is 4.79 Å². The van der Waals surface area contributed by atoms with E-state index >= 15 is 0 Å². The van der Waals surface area contributed by atoms with Crippen molar-refractivity contribution in [1.82, 2.24) is 4.98 Å². The predicted octanol–water partition coefficient (Wildman–Crippen LogP) is 5.19. The molecule has 0 atom stereocenters. The lowest BCUT2D eigenvalue weighted by Crippen LogP contribution is -2.11. The van der Waals surface area contributed by atoms with Crippen LogP contribution in [0.2, 0.25) is 0 Å². The third-order valence-corrected chi connectivity index (χ3v) is 5.79. The minimum atomic E-state index is -0.218. The molecule has 0 fully saturated rings. The maximum Gasteiger partial charge on any atom is 0.256 e. The highest BCUT2D eigenvalue weighted by Gasteiger charge is 2.17. The van der Waals surface area contributed by atoms with Gasteiger partial charge in [-0.25, -0.2) is 4.98 Å². The quantitative estimate of drug-likeness (QED) is 0.553. The number of aromatic nitrogens is 1. The summed E-state index contributed by atoms with van der Waals surface area (Å²) < 4.78 is 11.4. The average molecular weight is 401 g/mol. The van der Waals surface area contributed by atoms with Gasteiger partial charge in [0.2, 0.25) is 0 Å². The Bertz CT molecular complexity index is 926. The molecule has 0 spiro atoms. The lowest BCUT2D eigenvalue weighted by molar-refractivity contribution is 0.102. The highest BCUT2D eigenvalue weighted by molar-refractivity contribution is 8.01. The van der Waals surface area contributed by atoms with E-state index in [0.717, 1.165) is 26.4 Å². The molecule has 0 aliphatic carbocycles. The Morgan fingerprint density at radius 3 is 2.52 bits per heavy atom. The van der Waals surface area contributed by atoms with Crippen LogP contribution >= 0.6 is 23.1 Å². The smallest absolute Gasteiger partial charge is 0.256 e. The van der Waals surface area contributed by atoms with Gasteiger partial charge in [0, 0.05) is 11.1 Å². The molecule has 0 unspecified atom stereocenters. The van der Waals surface area contributed by atoms with Crippen molar-refractivity contribution in [3.63, 3.8) is 0 Å². The van der Waals surface area contributed by atoms with E-state index in [-0.39, 0.29) is 5.91 Å². The Balaban J connectivity index is 1.91. The third kappa shape index (κ3) is 4.43. The molecule has 0 aliphatic rings. The van der Waals surface area contributed by atoms with Gasteiger partial charge in [-0.05, 0) is 24.0 Å². The zero-order valence-electron chi connectivity index (χ0n) is 15.3. The van der Waals surface area contributed by atoms with Crippen molar-refractivity contribution in [2.24, 2.45) is 0 Å². The third-order valence-electron chi connectivity index (χ3n) is 3.80. The van der Waals surface area contributed by atoms with Crippen molar-refractivity contribution in [2.45, 2.75) is 11.3 Å². The lowest BCUT2D eigenvalue weighted by atomic mass is 10.1. The number of ether oxygens (including phenoxy) is 2. The Morgan fingerprint density at radius 2 is 1.85 bits per heavy atom. The van der Waals surface area contributed by atoms with Gasteiger partial charge in [0.05, 0.1) is 14.2 Å². The molecule has 27 heavy (non-hydrogen) atoms. The van der Waals surface area contributed by atoms with Crippen LogP contribution in [-0.4, -0.2) is 30.9 Å². The van der Waals surface area contributed by atoms with E-state index in [9.17, 15) is 4.79 Å². The van der Waals surface area contributed by atoms with E-state index < -0.39 is 0 Å². The summed E-state index contributed by atoms with van der Waals surface area (Å²) >= 11 is 3.14. The molecule has 2 aromatic carbocycles. The summed E-state index contributed by atoms with van der Waals surface area (Å²) in [6.07, 6.45) is 0. The van der Waals surface area contributed by atoms with Crippen LogP contribution in [0, 0.1) is 0 Å². The fourth-order valence-corrected chi connectivity index (χ4v) is 4.47. The summed E-state index contributed by atoms with van der Waals surface area (Å²) in [5.41, 5.74) is 2.24. The first-order chi connectivity index (χ1) is 13.2. The maximum atomic E-state index is 12.8. The number of rotatable bonds is 7. The average Bonchev–Trinajstić information content (AvgIpc) is 3.10. The van der Waals surface area contributed by atoms with E-state index in [1.165, 1.54) is 11.3 Å². The van der Waals surface area contributed by atoms with Gasteiger partial charge < -0.3 is 14.8 Å². The first-order valence-electron chi connectivity index (χ1n) is 8.38. The number of thiazole rings is 1. The molecule has 1 heterocycles. The van der Waals surface area contributed by atoms with Gasteiger partial charge in [-0.15, -0.1) is 0 Å². The lowest BCUT2D eigenvalue weighted by Gasteiger charge is -2.10. The minimum absolute atomic E-state index is 0.218. The number of carbonyl (C=O) groups is 1. The normalized spacial score (nSPS) is 10.5. The summed E-state index contributed by atoms with van der Waals surface area (Å²) in [7, 11) is 3.11. The molecule has 5 nitrogen and oxygen atoms in total. The second kappa shape index (κ2) is 8.92. The monoisotopic (exact) mass is 400 g/mol. The molecule has 1 N–H and O–H groups in total. The van der Waals surface area contributed by atoms with Gasteiger partial charge in [-0.1, -0.05) is 60.4 Å². The van der Waals surface area contributed by atoms with Crippen LogP contribution in [0.15, 0.2) is 52.9 Å².